The van der Waals surface area contributed by atoms with E-state index in [-0.39, 0.29) is 11.8 Å². The van der Waals surface area contributed by atoms with Gasteiger partial charge < -0.3 is 16.4 Å². The van der Waals surface area contributed by atoms with Crippen LogP contribution in [-0.4, -0.2) is 29.8 Å². The van der Waals surface area contributed by atoms with Gasteiger partial charge in [0.15, 0.2) is 0 Å². The molecule has 3 amide bonds. The third-order valence-corrected chi connectivity index (χ3v) is 3.53. The first-order valence-corrected chi connectivity index (χ1v) is 7.74. The Hall–Kier alpha value is -2.37. The number of nitrogens with one attached hydrogen (secondary N) is 2. The smallest absolute Gasteiger partial charge is 0.243 e. The summed E-state index contributed by atoms with van der Waals surface area (Å²) in [6.45, 7) is 5.17. The van der Waals surface area contributed by atoms with Gasteiger partial charge in [0, 0.05) is 6.42 Å². The lowest BCUT2D eigenvalue weighted by atomic mass is 10.0. The largest absolute Gasteiger partial charge is 0.368 e. The summed E-state index contributed by atoms with van der Waals surface area (Å²) in [5.74, 6) is -1.32. The summed E-state index contributed by atoms with van der Waals surface area (Å²) in [6.07, 6.45) is 0.905. The SMILES string of the molecule is CC(C)[C@H](NC(=O)CCc1ccccc1)C(=O)N[C@@H](C)C(N)=O. The Morgan fingerprint density at radius 2 is 1.65 bits per heavy atom. The molecule has 126 valence electrons. The van der Waals surface area contributed by atoms with E-state index in [1.807, 2.05) is 44.2 Å². The summed E-state index contributed by atoms with van der Waals surface area (Å²) >= 11 is 0. The third kappa shape index (κ3) is 6.50. The topological polar surface area (TPSA) is 101 Å². The molecule has 1 rings (SSSR count). The van der Waals surface area contributed by atoms with Crippen LogP contribution in [0.15, 0.2) is 30.3 Å². The van der Waals surface area contributed by atoms with Crippen molar-refractivity contribution >= 4 is 17.7 Å². The van der Waals surface area contributed by atoms with Crippen molar-refractivity contribution in [2.45, 2.75) is 45.7 Å². The van der Waals surface area contributed by atoms with E-state index in [0.717, 1.165) is 5.56 Å². The Kier molecular flexibility index (Phi) is 7.25. The van der Waals surface area contributed by atoms with Crippen LogP contribution in [0.25, 0.3) is 0 Å². The van der Waals surface area contributed by atoms with E-state index in [0.29, 0.717) is 12.8 Å². The van der Waals surface area contributed by atoms with Gasteiger partial charge in [0.25, 0.3) is 0 Å². The standard InChI is InChI=1S/C17H25N3O3/c1-11(2)15(17(23)19-12(3)16(18)22)20-14(21)10-9-13-7-5-4-6-8-13/h4-8,11-12,15H,9-10H2,1-3H3,(H2,18,22)(H,19,23)(H,20,21)/t12-,15-/m0/s1. The predicted molar refractivity (Wildman–Crippen MR) is 88.3 cm³/mol. The van der Waals surface area contributed by atoms with E-state index in [9.17, 15) is 14.4 Å². The number of carbonyl (C=O) groups excluding carboxylic acids is 3. The fraction of sp³-hybridized carbons (Fsp3) is 0.471. The molecule has 6 nitrogen and oxygen atoms in total. The van der Waals surface area contributed by atoms with E-state index in [1.165, 1.54) is 6.92 Å². The van der Waals surface area contributed by atoms with Crippen molar-refractivity contribution in [1.29, 1.82) is 0 Å². The average Bonchev–Trinajstić information content (AvgIpc) is 2.51. The van der Waals surface area contributed by atoms with Crippen LogP contribution < -0.4 is 16.4 Å². The van der Waals surface area contributed by atoms with Gasteiger partial charge in [-0.2, -0.15) is 0 Å². The lowest BCUT2D eigenvalue weighted by molar-refractivity contribution is -0.132. The molecule has 0 aliphatic carbocycles. The molecule has 4 N–H and O–H groups in total. The van der Waals surface area contributed by atoms with Gasteiger partial charge in [-0.1, -0.05) is 44.2 Å². The molecule has 0 heterocycles. The summed E-state index contributed by atoms with van der Waals surface area (Å²) in [4.78, 5) is 35.3. The Bertz CT molecular complexity index is 543. The summed E-state index contributed by atoms with van der Waals surface area (Å²) in [5, 5.41) is 5.24. The molecule has 2 atom stereocenters. The molecule has 0 bridgehead atoms. The summed E-state index contributed by atoms with van der Waals surface area (Å²) in [5.41, 5.74) is 6.20. The van der Waals surface area contributed by atoms with Crippen LogP contribution in [0.2, 0.25) is 0 Å². The molecule has 0 aliphatic rings. The van der Waals surface area contributed by atoms with Gasteiger partial charge in [0.1, 0.15) is 12.1 Å². The van der Waals surface area contributed by atoms with Crippen LogP contribution in [0.4, 0.5) is 0 Å². The average molecular weight is 319 g/mol. The number of amides is 3. The Morgan fingerprint density at radius 3 is 2.17 bits per heavy atom. The molecule has 0 aliphatic heterocycles. The molecule has 23 heavy (non-hydrogen) atoms. The van der Waals surface area contributed by atoms with Gasteiger partial charge in [0.05, 0.1) is 0 Å². The van der Waals surface area contributed by atoms with Crippen LogP contribution >= 0.6 is 0 Å². The molecule has 0 unspecified atom stereocenters. The molecule has 0 radical (unpaired) electrons. The van der Waals surface area contributed by atoms with Gasteiger partial charge >= 0.3 is 0 Å². The van der Waals surface area contributed by atoms with Crippen molar-refractivity contribution in [2.24, 2.45) is 11.7 Å². The van der Waals surface area contributed by atoms with Gasteiger partial charge in [-0.3, -0.25) is 14.4 Å². The number of aryl methyl sites for hydroxylation is 1. The number of hydrogen-bond acceptors (Lipinski definition) is 3. The van der Waals surface area contributed by atoms with Gasteiger partial charge in [-0.25, -0.2) is 0 Å². The highest BCUT2D eigenvalue weighted by Crippen LogP contribution is 2.06. The van der Waals surface area contributed by atoms with Crippen molar-refractivity contribution in [3.05, 3.63) is 35.9 Å². The molecule has 0 spiro atoms. The van der Waals surface area contributed by atoms with E-state index in [2.05, 4.69) is 10.6 Å². The number of carbonyl (C=O) groups is 3. The van der Waals surface area contributed by atoms with Gasteiger partial charge in [-0.15, -0.1) is 0 Å². The molecule has 0 aromatic heterocycles. The minimum Gasteiger partial charge on any atom is -0.368 e. The second kappa shape index (κ2) is 8.92. The van der Waals surface area contributed by atoms with Crippen molar-refractivity contribution in [3.63, 3.8) is 0 Å². The van der Waals surface area contributed by atoms with Crippen molar-refractivity contribution in [1.82, 2.24) is 10.6 Å². The minimum absolute atomic E-state index is 0.101. The summed E-state index contributed by atoms with van der Waals surface area (Å²) < 4.78 is 0. The third-order valence-electron chi connectivity index (χ3n) is 3.53. The number of primary amides is 1. The predicted octanol–water partition coefficient (Wildman–Crippen LogP) is 0.750. The second-order valence-corrected chi connectivity index (χ2v) is 5.91. The normalized spacial score (nSPS) is 13.2. The van der Waals surface area contributed by atoms with Crippen LogP contribution in [0, 0.1) is 5.92 Å². The maximum Gasteiger partial charge on any atom is 0.243 e. The second-order valence-electron chi connectivity index (χ2n) is 5.91. The zero-order chi connectivity index (χ0) is 17.4. The maximum absolute atomic E-state index is 12.2. The van der Waals surface area contributed by atoms with Crippen LogP contribution in [0.3, 0.4) is 0 Å². The monoisotopic (exact) mass is 319 g/mol. The first-order valence-electron chi connectivity index (χ1n) is 7.74. The fourth-order valence-electron chi connectivity index (χ4n) is 2.06. The number of hydrogen-bond donors (Lipinski definition) is 3. The first-order chi connectivity index (χ1) is 10.8. The number of benzene rings is 1. The Morgan fingerprint density at radius 1 is 1.04 bits per heavy atom. The van der Waals surface area contributed by atoms with Crippen molar-refractivity contribution < 1.29 is 14.4 Å². The highest BCUT2D eigenvalue weighted by molar-refractivity contribution is 5.91. The summed E-state index contributed by atoms with van der Waals surface area (Å²) in [6, 6.07) is 8.20. The van der Waals surface area contributed by atoms with E-state index in [4.69, 9.17) is 5.73 Å². The van der Waals surface area contributed by atoms with E-state index in [1.54, 1.807) is 0 Å². The molecular formula is C17H25N3O3. The van der Waals surface area contributed by atoms with Crippen molar-refractivity contribution in [3.8, 4) is 0 Å². The molecule has 1 aromatic rings. The van der Waals surface area contributed by atoms with Gasteiger partial charge in [0.2, 0.25) is 17.7 Å². The molecule has 0 saturated heterocycles. The van der Waals surface area contributed by atoms with Gasteiger partial charge in [-0.05, 0) is 24.8 Å². The highest BCUT2D eigenvalue weighted by atomic mass is 16.2. The maximum atomic E-state index is 12.2. The minimum atomic E-state index is -0.773. The molecule has 0 saturated carbocycles. The van der Waals surface area contributed by atoms with Crippen molar-refractivity contribution in [2.75, 3.05) is 0 Å². The highest BCUT2D eigenvalue weighted by Gasteiger charge is 2.26. The molecule has 0 fully saturated rings. The molecular weight excluding hydrogens is 294 g/mol. The van der Waals surface area contributed by atoms with Crippen LogP contribution in [0.5, 0.6) is 0 Å². The lowest BCUT2D eigenvalue weighted by Gasteiger charge is -2.23. The van der Waals surface area contributed by atoms with Crippen LogP contribution in [0.1, 0.15) is 32.8 Å². The Labute approximate surface area is 136 Å². The number of nitrogens with two attached hydrogens (primary N) is 1. The van der Waals surface area contributed by atoms with Crippen LogP contribution in [-0.2, 0) is 20.8 Å². The lowest BCUT2D eigenvalue weighted by Crippen LogP contribution is -2.53. The van der Waals surface area contributed by atoms with E-state index < -0.39 is 23.9 Å². The zero-order valence-electron chi connectivity index (χ0n) is 13.8. The first kappa shape index (κ1) is 18.7. The molecule has 1 aromatic carbocycles. The fourth-order valence-corrected chi connectivity index (χ4v) is 2.06. The summed E-state index contributed by atoms with van der Waals surface area (Å²) in [7, 11) is 0. The quantitative estimate of drug-likeness (QED) is 0.659. The van der Waals surface area contributed by atoms with E-state index >= 15 is 0 Å². The molecule has 6 heteroatoms. The Balaban J connectivity index is 2.56. The zero-order valence-corrected chi connectivity index (χ0v) is 13.8. The number of rotatable bonds is 8.